The fourth-order valence-corrected chi connectivity index (χ4v) is 3.59. The van der Waals surface area contributed by atoms with Crippen molar-refractivity contribution >= 4 is 5.69 Å². The fourth-order valence-electron chi connectivity index (χ4n) is 3.59. The Morgan fingerprint density at radius 3 is 2.57 bits per heavy atom. The maximum atomic E-state index is 4.33. The predicted octanol–water partition coefficient (Wildman–Crippen LogP) is 3.74. The Bertz CT molecular complexity index is 453. The first-order valence-corrected chi connectivity index (χ1v) is 8.67. The van der Waals surface area contributed by atoms with Gasteiger partial charge in [-0.25, -0.2) is 0 Å². The average molecular weight is 287 g/mol. The van der Waals surface area contributed by atoms with Crippen molar-refractivity contribution < 1.29 is 0 Å². The Morgan fingerprint density at radius 1 is 1.24 bits per heavy atom. The maximum Gasteiger partial charge on any atom is 0.0442 e. The molecule has 2 aliphatic rings. The summed E-state index contributed by atoms with van der Waals surface area (Å²) in [5.74, 6) is 0. The van der Waals surface area contributed by atoms with Gasteiger partial charge in [0.25, 0.3) is 0 Å². The van der Waals surface area contributed by atoms with Crippen LogP contribution in [0.15, 0.2) is 18.5 Å². The highest BCUT2D eigenvalue weighted by molar-refractivity contribution is 5.52. The Balaban J connectivity index is 1.66. The van der Waals surface area contributed by atoms with Crippen LogP contribution in [0.3, 0.4) is 0 Å². The zero-order valence-corrected chi connectivity index (χ0v) is 13.6. The van der Waals surface area contributed by atoms with Crippen LogP contribution < -0.4 is 10.2 Å². The molecule has 0 spiro atoms. The first kappa shape index (κ1) is 14.8. The largest absolute Gasteiger partial charge is 0.371 e. The Morgan fingerprint density at radius 2 is 1.95 bits per heavy atom. The van der Waals surface area contributed by atoms with Crippen LogP contribution >= 0.6 is 0 Å². The molecule has 0 bridgehead atoms. The summed E-state index contributed by atoms with van der Waals surface area (Å²) in [6, 6.07) is 2.96. The summed E-state index contributed by atoms with van der Waals surface area (Å²) < 4.78 is 0. The van der Waals surface area contributed by atoms with Crippen LogP contribution in [0.1, 0.15) is 57.9 Å². The maximum absolute atomic E-state index is 4.33. The standard InChI is InChI=1S/C18H29N3/c1-3-18(4-2)8-11-21(12-9-18)17-7-10-19-13-15(17)14-20-16-5-6-16/h7,10,13,16,20H,3-6,8-9,11-12,14H2,1-2H3. The van der Waals surface area contributed by atoms with Gasteiger partial charge in [0, 0.05) is 49.3 Å². The Kier molecular flexibility index (Phi) is 4.48. The SMILES string of the molecule is CCC1(CC)CCN(c2ccncc2CNC2CC2)CC1. The molecule has 2 fully saturated rings. The zero-order chi connectivity index (χ0) is 14.7. The third kappa shape index (κ3) is 3.39. The molecule has 1 N–H and O–H groups in total. The van der Waals surface area contributed by atoms with E-state index in [0.717, 1.165) is 12.6 Å². The molecule has 1 saturated heterocycles. The van der Waals surface area contributed by atoms with Gasteiger partial charge in [-0.05, 0) is 37.2 Å². The van der Waals surface area contributed by atoms with E-state index in [0.29, 0.717) is 5.41 Å². The van der Waals surface area contributed by atoms with Crippen molar-refractivity contribution in [2.75, 3.05) is 18.0 Å². The lowest BCUT2D eigenvalue weighted by Gasteiger charge is -2.42. The molecular weight excluding hydrogens is 258 g/mol. The summed E-state index contributed by atoms with van der Waals surface area (Å²) >= 11 is 0. The van der Waals surface area contributed by atoms with Crippen LogP contribution in [0.2, 0.25) is 0 Å². The zero-order valence-electron chi connectivity index (χ0n) is 13.6. The first-order chi connectivity index (χ1) is 10.3. The molecule has 0 unspecified atom stereocenters. The molecule has 1 aliphatic carbocycles. The van der Waals surface area contributed by atoms with Gasteiger partial charge in [-0.15, -0.1) is 0 Å². The summed E-state index contributed by atoms with van der Waals surface area (Å²) in [5.41, 5.74) is 3.36. The van der Waals surface area contributed by atoms with E-state index >= 15 is 0 Å². The number of anilines is 1. The van der Waals surface area contributed by atoms with Crippen molar-refractivity contribution in [3.8, 4) is 0 Å². The lowest BCUT2D eigenvalue weighted by atomic mass is 9.74. The van der Waals surface area contributed by atoms with Crippen molar-refractivity contribution in [2.24, 2.45) is 5.41 Å². The fraction of sp³-hybridized carbons (Fsp3) is 0.722. The normalized spacial score (nSPS) is 21.5. The third-order valence-corrected chi connectivity index (χ3v) is 5.70. The molecule has 0 aromatic carbocycles. The highest BCUT2D eigenvalue weighted by Gasteiger charge is 2.31. The Labute approximate surface area is 129 Å². The highest BCUT2D eigenvalue weighted by atomic mass is 15.1. The summed E-state index contributed by atoms with van der Waals surface area (Å²) in [6.45, 7) is 8.08. The van der Waals surface area contributed by atoms with Crippen LogP contribution in [-0.2, 0) is 6.54 Å². The second kappa shape index (κ2) is 6.35. The third-order valence-electron chi connectivity index (χ3n) is 5.70. The van der Waals surface area contributed by atoms with Gasteiger partial charge in [-0.1, -0.05) is 26.7 Å². The lowest BCUT2D eigenvalue weighted by Crippen LogP contribution is -2.40. The monoisotopic (exact) mass is 287 g/mol. The van der Waals surface area contributed by atoms with Gasteiger partial charge in [0.2, 0.25) is 0 Å². The van der Waals surface area contributed by atoms with Crippen molar-refractivity contribution in [3.63, 3.8) is 0 Å². The van der Waals surface area contributed by atoms with Crippen LogP contribution in [0.4, 0.5) is 5.69 Å². The molecule has 3 rings (SSSR count). The second-order valence-electron chi connectivity index (χ2n) is 6.85. The van der Waals surface area contributed by atoms with Gasteiger partial charge in [0.15, 0.2) is 0 Å². The highest BCUT2D eigenvalue weighted by Crippen LogP contribution is 2.39. The van der Waals surface area contributed by atoms with Crippen LogP contribution in [0.5, 0.6) is 0 Å². The second-order valence-corrected chi connectivity index (χ2v) is 6.85. The molecule has 0 radical (unpaired) electrons. The number of hydrogen-bond donors (Lipinski definition) is 1. The number of nitrogens with zero attached hydrogens (tertiary/aromatic N) is 2. The molecule has 3 nitrogen and oxygen atoms in total. The summed E-state index contributed by atoms with van der Waals surface area (Å²) in [5, 5.41) is 3.62. The predicted molar refractivity (Wildman–Crippen MR) is 88.6 cm³/mol. The number of pyridine rings is 1. The smallest absolute Gasteiger partial charge is 0.0442 e. The average Bonchev–Trinajstić information content (AvgIpc) is 3.38. The molecule has 3 heteroatoms. The lowest BCUT2D eigenvalue weighted by molar-refractivity contribution is 0.199. The topological polar surface area (TPSA) is 28.2 Å². The molecule has 21 heavy (non-hydrogen) atoms. The molecule has 1 saturated carbocycles. The van der Waals surface area contributed by atoms with Gasteiger partial charge < -0.3 is 10.2 Å². The van der Waals surface area contributed by atoms with Crippen molar-refractivity contribution in [1.82, 2.24) is 10.3 Å². The van der Waals surface area contributed by atoms with Gasteiger partial charge in [0.05, 0.1) is 0 Å². The molecule has 1 aromatic heterocycles. The summed E-state index contributed by atoms with van der Waals surface area (Å²) in [7, 11) is 0. The minimum absolute atomic E-state index is 0.593. The van der Waals surface area contributed by atoms with E-state index < -0.39 is 0 Å². The van der Waals surface area contributed by atoms with E-state index in [2.05, 4.69) is 35.1 Å². The number of piperidine rings is 1. The van der Waals surface area contributed by atoms with E-state index in [4.69, 9.17) is 0 Å². The number of hydrogen-bond acceptors (Lipinski definition) is 3. The molecule has 116 valence electrons. The summed E-state index contributed by atoms with van der Waals surface area (Å²) in [4.78, 5) is 6.91. The van der Waals surface area contributed by atoms with E-state index in [1.807, 2.05) is 12.4 Å². The first-order valence-electron chi connectivity index (χ1n) is 8.67. The molecule has 1 aliphatic heterocycles. The van der Waals surface area contributed by atoms with E-state index in [-0.39, 0.29) is 0 Å². The van der Waals surface area contributed by atoms with Gasteiger partial charge in [0.1, 0.15) is 0 Å². The van der Waals surface area contributed by atoms with Crippen molar-refractivity contribution in [2.45, 2.75) is 65.0 Å². The number of rotatable bonds is 6. The van der Waals surface area contributed by atoms with Gasteiger partial charge in [-0.2, -0.15) is 0 Å². The van der Waals surface area contributed by atoms with Crippen LogP contribution in [-0.4, -0.2) is 24.1 Å². The van der Waals surface area contributed by atoms with Crippen LogP contribution in [0.25, 0.3) is 0 Å². The number of aromatic nitrogens is 1. The van der Waals surface area contributed by atoms with E-state index in [1.54, 1.807) is 0 Å². The van der Waals surface area contributed by atoms with E-state index in [9.17, 15) is 0 Å². The van der Waals surface area contributed by atoms with Crippen molar-refractivity contribution in [3.05, 3.63) is 24.0 Å². The van der Waals surface area contributed by atoms with Crippen LogP contribution in [0, 0.1) is 5.41 Å². The molecule has 2 heterocycles. The molecular formula is C18H29N3. The van der Waals surface area contributed by atoms with Gasteiger partial charge in [-0.3, -0.25) is 4.98 Å². The van der Waals surface area contributed by atoms with E-state index in [1.165, 1.54) is 62.9 Å². The summed E-state index contributed by atoms with van der Waals surface area (Å²) in [6.07, 6.45) is 12.0. The minimum Gasteiger partial charge on any atom is -0.371 e. The quantitative estimate of drug-likeness (QED) is 0.864. The van der Waals surface area contributed by atoms with Crippen molar-refractivity contribution in [1.29, 1.82) is 0 Å². The van der Waals surface area contributed by atoms with Gasteiger partial charge >= 0.3 is 0 Å². The minimum atomic E-state index is 0.593. The molecule has 0 amide bonds. The molecule has 0 atom stereocenters. The number of nitrogens with one attached hydrogen (secondary N) is 1. The molecule has 1 aromatic rings. The Hall–Kier alpha value is -1.09.